The van der Waals surface area contributed by atoms with E-state index in [2.05, 4.69) is 11.4 Å². The fraction of sp³-hybridized carbons (Fsp3) is 0.692. The summed E-state index contributed by atoms with van der Waals surface area (Å²) in [6, 6.07) is 0. The molecule has 102 valence electrons. The molecule has 0 atom stereocenters. The molecule has 0 aromatic carbocycles. The number of carbonyl (C=O) groups excluding carboxylic acids is 1. The quantitative estimate of drug-likeness (QED) is 0.751. The Bertz CT molecular complexity index is 361. The Morgan fingerprint density at radius 3 is 2.61 bits per heavy atom. The molecule has 0 spiro atoms. The summed E-state index contributed by atoms with van der Waals surface area (Å²) in [6.45, 7) is 5.70. The van der Waals surface area contributed by atoms with Gasteiger partial charge in [0.05, 0.1) is 6.54 Å². The highest BCUT2D eigenvalue weighted by Crippen LogP contribution is 2.21. The topological polar surface area (TPSA) is 69.6 Å². The molecule has 18 heavy (non-hydrogen) atoms. The van der Waals surface area contributed by atoms with Crippen LogP contribution in [0.3, 0.4) is 0 Å². The highest BCUT2D eigenvalue weighted by molar-refractivity contribution is 5.82. The van der Waals surface area contributed by atoms with Gasteiger partial charge >= 0.3 is 5.97 Å². The van der Waals surface area contributed by atoms with Crippen LogP contribution in [0.1, 0.15) is 40.0 Å². The molecule has 1 aliphatic rings. The monoisotopic (exact) mass is 254 g/mol. The van der Waals surface area contributed by atoms with Crippen molar-refractivity contribution in [1.82, 2.24) is 10.2 Å². The van der Waals surface area contributed by atoms with Crippen LogP contribution in [0.5, 0.6) is 0 Å². The number of carboxylic acids is 1. The van der Waals surface area contributed by atoms with Gasteiger partial charge < -0.3 is 10.0 Å². The standard InChI is InChI=1S/C13H22N2O3/c1-4-15(10-7-5-6-8-10)11(16)9-14-13(2,3)12(17)18/h7,14H,4-6,8-9H2,1-3H3,(H,17,18). The molecular formula is C13H22N2O3. The van der Waals surface area contributed by atoms with Gasteiger partial charge in [0.2, 0.25) is 5.91 Å². The van der Waals surface area contributed by atoms with Gasteiger partial charge in [0.15, 0.2) is 0 Å². The summed E-state index contributed by atoms with van der Waals surface area (Å²) in [5.41, 5.74) is -0.0171. The maximum Gasteiger partial charge on any atom is 0.323 e. The highest BCUT2D eigenvalue weighted by atomic mass is 16.4. The van der Waals surface area contributed by atoms with E-state index in [-0.39, 0.29) is 12.5 Å². The summed E-state index contributed by atoms with van der Waals surface area (Å²) in [6.07, 6.45) is 5.13. The molecule has 0 aromatic rings. The van der Waals surface area contributed by atoms with Crippen molar-refractivity contribution >= 4 is 11.9 Å². The fourth-order valence-electron chi connectivity index (χ4n) is 1.91. The minimum atomic E-state index is -1.08. The predicted molar refractivity (Wildman–Crippen MR) is 69.0 cm³/mol. The number of carbonyl (C=O) groups is 2. The Labute approximate surface area is 108 Å². The lowest BCUT2D eigenvalue weighted by molar-refractivity contribution is -0.143. The number of rotatable bonds is 6. The summed E-state index contributed by atoms with van der Waals surface area (Å²) in [5, 5.41) is 11.7. The molecule has 5 nitrogen and oxygen atoms in total. The fourth-order valence-corrected chi connectivity index (χ4v) is 1.91. The number of nitrogens with one attached hydrogen (secondary N) is 1. The molecule has 5 heteroatoms. The van der Waals surface area contributed by atoms with E-state index in [0.29, 0.717) is 6.54 Å². The zero-order chi connectivity index (χ0) is 13.8. The third-order valence-electron chi connectivity index (χ3n) is 3.20. The maximum absolute atomic E-state index is 12.1. The van der Waals surface area contributed by atoms with Gasteiger partial charge in [0, 0.05) is 12.2 Å². The van der Waals surface area contributed by atoms with Gasteiger partial charge in [-0.25, -0.2) is 0 Å². The largest absolute Gasteiger partial charge is 0.480 e. The Morgan fingerprint density at radius 2 is 2.17 bits per heavy atom. The molecule has 1 amide bonds. The summed E-state index contributed by atoms with van der Waals surface area (Å²) >= 11 is 0. The summed E-state index contributed by atoms with van der Waals surface area (Å²) < 4.78 is 0. The highest BCUT2D eigenvalue weighted by Gasteiger charge is 2.28. The summed E-state index contributed by atoms with van der Waals surface area (Å²) in [7, 11) is 0. The van der Waals surface area contributed by atoms with Gasteiger partial charge in [-0.3, -0.25) is 14.9 Å². The molecule has 0 heterocycles. The van der Waals surface area contributed by atoms with Gasteiger partial charge in [-0.15, -0.1) is 0 Å². The van der Waals surface area contributed by atoms with Crippen molar-refractivity contribution in [3.8, 4) is 0 Å². The molecule has 0 saturated heterocycles. The molecule has 0 saturated carbocycles. The van der Waals surface area contributed by atoms with Crippen molar-refractivity contribution in [2.45, 2.75) is 45.6 Å². The first-order chi connectivity index (χ1) is 8.38. The van der Waals surface area contributed by atoms with Crippen molar-refractivity contribution in [2.24, 2.45) is 0 Å². The van der Waals surface area contributed by atoms with E-state index in [1.165, 1.54) is 0 Å². The normalized spacial score (nSPS) is 15.4. The Balaban J connectivity index is 2.56. The number of nitrogens with zero attached hydrogens (tertiary/aromatic N) is 1. The third-order valence-corrected chi connectivity index (χ3v) is 3.20. The number of allylic oxidation sites excluding steroid dienone is 2. The smallest absolute Gasteiger partial charge is 0.323 e. The third kappa shape index (κ3) is 3.57. The zero-order valence-electron chi connectivity index (χ0n) is 11.3. The lowest BCUT2D eigenvalue weighted by atomic mass is 10.1. The van der Waals surface area contributed by atoms with Crippen molar-refractivity contribution in [2.75, 3.05) is 13.1 Å². The minimum absolute atomic E-state index is 0.0461. The average Bonchev–Trinajstić information content (AvgIpc) is 2.81. The zero-order valence-corrected chi connectivity index (χ0v) is 11.3. The minimum Gasteiger partial charge on any atom is -0.480 e. The van der Waals surface area contributed by atoms with Gasteiger partial charge in [-0.1, -0.05) is 6.08 Å². The first-order valence-electron chi connectivity index (χ1n) is 6.36. The van der Waals surface area contributed by atoms with Crippen LogP contribution in [0.2, 0.25) is 0 Å². The Hall–Kier alpha value is -1.36. The lowest BCUT2D eigenvalue weighted by Gasteiger charge is -2.26. The average molecular weight is 254 g/mol. The number of likely N-dealkylation sites (N-methyl/N-ethyl adjacent to an activating group) is 1. The second kappa shape index (κ2) is 6.00. The number of carboxylic acid groups (broad SMARTS) is 1. The van der Waals surface area contributed by atoms with Crippen LogP contribution in [-0.2, 0) is 9.59 Å². The molecule has 2 N–H and O–H groups in total. The summed E-state index contributed by atoms with van der Waals surface area (Å²) in [5.74, 6) is -1.03. The van der Waals surface area contributed by atoms with Crippen molar-refractivity contribution < 1.29 is 14.7 Å². The van der Waals surface area contributed by atoms with Crippen LogP contribution < -0.4 is 5.32 Å². The molecule has 0 radical (unpaired) electrons. The number of aliphatic carboxylic acids is 1. The number of amides is 1. The first kappa shape index (κ1) is 14.7. The van der Waals surface area contributed by atoms with Gasteiger partial charge in [-0.05, 0) is 40.0 Å². The predicted octanol–water partition coefficient (Wildman–Crippen LogP) is 1.36. The van der Waals surface area contributed by atoms with E-state index >= 15 is 0 Å². The SMILES string of the molecule is CCN(C(=O)CNC(C)(C)C(=O)O)C1=CCCC1. The number of hydrogen-bond donors (Lipinski definition) is 2. The van der Waals surface area contributed by atoms with E-state index in [1.54, 1.807) is 18.7 Å². The lowest BCUT2D eigenvalue weighted by Crippen LogP contribution is -2.50. The Morgan fingerprint density at radius 1 is 1.50 bits per heavy atom. The number of hydrogen-bond acceptors (Lipinski definition) is 3. The first-order valence-corrected chi connectivity index (χ1v) is 6.36. The maximum atomic E-state index is 12.1. The molecule has 1 rings (SSSR count). The molecule has 0 fully saturated rings. The van der Waals surface area contributed by atoms with Crippen molar-refractivity contribution in [3.63, 3.8) is 0 Å². The van der Waals surface area contributed by atoms with Crippen LogP contribution >= 0.6 is 0 Å². The van der Waals surface area contributed by atoms with Gasteiger partial charge in [0.25, 0.3) is 0 Å². The van der Waals surface area contributed by atoms with Crippen molar-refractivity contribution in [1.29, 1.82) is 0 Å². The van der Waals surface area contributed by atoms with Crippen LogP contribution in [0, 0.1) is 0 Å². The van der Waals surface area contributed by atoms with Crippen LogP contribution in [0.25, 0.3) is 0 Å². The van der Waals surface area contributed by atoms with E-state index in [1.807, 2.05) is 6.92 Å². The molecule has 0 aromatic heterocycles. The molecule has 1 aliphatic carbocycles. The Kier molecular flexibility index (Phi) is 4.90. The van der Waals surface area contributed by atoms with Gasteiger partial charge in [-0.2, -0.15) is 0 Å². The van der Waals surface area contributed by atoms with Crippen molar-refractivity contribution in [3.05, 3.63) is 11.8 Å². The van der Waals surface area contributed by atoms with E-state index in [0.717, 1.165) is 25.0 Å². The summed E-state index contributed by atoms with van der Waals surface area (Å²) in [4.78, 5) is 24.7. The van der Waals surface area contributed by atoms with Crippen LogP contribution in [0.4, 0.5) is 0 Å². The molecule has 0 aliphatic heterocycles. The van der Waals surface area contributed by atoms with E-state index < -0.39 is 11.5 Å². The second-order valence-electron chi connectivity index (χ2n) is 5.01. The van der Waals surface area contributed by atoms with E-state index in [4.69, 9.17) is 5.11 Å². The van der Waals surface area contributed by atoms with Gasteiger partial charge in [0.1, 0.15) is 5.54 Å². The second-order valence-corrected chi connectivity index (χ2v) is 5.01. The molecular weight excluding hydrogens is 232 g/mol. The molecule has 0 unspecified atom stereocenters. The van der Waals surface area contributed by atoms with Crippen LogP contribution in [0.15, 0.2) is 11.8 Å². The molecule has 0 bridgehead atoms. The van der Waals surface area contributed by atoms with Crippen LogP contribution in [-0.4, -0.2) is 40.5 Å². The van der Waals surface area contributed by atoms with E-state index in [9.17, 15) is 9.59 Å².